The van der Waals surface area contributed by atoms with Gasteiger partial charge >= 0.3 is 0 Å². The molecule has 0 saturated carbocycles. The van der Waals surface area contributed by atoms with Gasteiger partial charge in [-0.15, -0.1) is 0 Å². The number of methoxy groups -OCH3 is 1. The van der Waals surface area contributed by atoms with Gasteiger partial charge in [-0.2, -0.15) is 0 Å². The molecule has 0 spiro atoms. The lowest BCUT2D eigenvalue weighted by Crippen LogP contribution is -1.83. The number of benzene rings is 1. The van der Waals surface area contributed by atoms with Gasteiger partial charge in [0.1, 0.15) is 5.75 Å². The van der Waals surface area contributed by atoms with Crippen molar-refractivity contribution in [1.82, 2.24) is 0 Å². The fraction of sp³-hybridized carbons (Fsp3) is 0.125. The van der Waals surface area contributed by atoms with Gasteiger partial charge in [0.15, 0.2) is 0 Å². The van der Waals surface area contributed by atoms with Crippen LogP contribution in [0.2, 0.25) is 0 Å². The summed E-state index contributed by atoms with van der Waals surface area (Å²) in [7, 11) is 1.64. The molecule has 1 radical (unpaired) electrons. The number of rotatable bonds is 1. The maximum absolute atomic E-state index is 5.03. The first-order chi connectivity index (χ1) is 4.74. The van der Waals surface area contributed by atoms with Crippen molar-refractivity contribution in [3.05, 3.63) is 35.2 Å². The molecule has 0 saturated heterocycles. The Morgan fingerprint density at radius 2 is 2.20 bits per heavy atom. The van der Waals surface area contributed by atoms with E-state index in [1.807, 2.05) is 18.2 Å². The summed E-state index contributed by atoms with van der Waals surface area (Å²) in [6.07, 6.45) is 0. The Balaban J connectivity index is 3.07. The Labute approximate surface area is 69.1 Å². The van der Waals surface area contributed by atoms with Crippen molar-refractivity contribution in [3.63, 3.8) is 0 Å². The topological polar surface area (TPSA) is 9.23 Å². The predicted molar refractivity (Wildman–Crippen MR) is 45.2 cm³/mol. The fourth-order valence-corrected chi connectivity index (χ4v) is 1.30. The van der Waals surface area contributed by atoms with Crippen LogP contribution in [0.25, 0.3) is 0 Å². The number of ether oxygens (including phenoxy) is 1. The summed E-state index contributed by atoms with van der Waals surface area (Å²) in [5.41, 5.74) is 0.979. The van der Waals surface area contributed by atoms with Crippen LogP contribution >= 0.6 is 15.9 Å². The molecule has 0 aliphatic rings. The van der Waals surface area contributed by atoms with E-state index in [2.05, 4.69) is 22.9 Å². The molecular formula is C8H8BrO. The van der Waals surface area contributed by atoms with Crippen molar-refractivity contribution < 1.29 is 4.74 Å². The van der Waals surface area contributed by atoms with Crippen molar-refractivity contribution in [3.8, 4) is 5.75 Å². The average Bonchev–Trinajstić information content (AvgIpc) is 1.88. The third-order valence-electron chi connectivity index (χ3n) is 1.22. The monoisotopic (exact) mass is 199 g/mol. The van der Waals surface area contributed by atoms with Crippen LogP contribution in [0.1, 0.15) is 5.56 Å². The predicted octanol–water partition coefficient (Wildman–Crippen LogP) is 2.64. The molecule has 1 aromatic carbocycles. The van der Waals surface area contributed by atoms with Crippen LogP contribution in [0.4, 0.5) is 0 Å². The Kier molecular flexibility index (Phi) is 2.33. The molecular weight excluding hydrogens is 192 g/mol. The fourth-order valence-electron chi connectivity index (χ4n) is 0.710. The summed E-state index contributed by atoms with van der Waals surface area (Å²) >= 11 is 3.34. The molecule has 0 unspecified atom stereocenters. The van der Waals surface area contributed by atoms with Gasteiger partial charge in [-0.3, -0.25) is 0 Å². The van der Waals surface area contributed by atoms with Crippen LogP contribution in [0.3, 0.4) is 0 Å². The first-order valence-electron chi connectivity index (χ1n) is 2.89. The van der Waals surface area contributed by atoms with E-state index in [1.54, 1.807) is 7.11 Å². The minimum absolute atomic E-state index is 0.840. The molecule has 0 bridgehead atoms. The van der Waals surface area contributed by atoms with Gasteiger partial charge in [0.2, 0.25) is 0 Å². The molecule has 0 heterocycles. The number of hydrogen-bond acceptors (Lipinski definition) is 1. The minimum Gasteiger partial charge on any atom is -0.496 e. The van der Waals surface area contributed by atoms with Crippen molar-refractivity contribution in [2.24, 2.45) is 0 Å². The summed E-state index contributed by atoms with van der Waals surface area (Å²) in [6, 6.07) is 5.70. The zero-order valence-electron chi connectivity index (χ0n) is 5.73. The van der Waals surface area contributed by atoms with Gasteiger partial charge in [0.05, 0.1) is 11.6 Å². The van der Waals surface area contributed by atoms with Crippen LogP contribution in [0, 0.1) is 6.92 Å². The standard InChI is InChI=1S/C8H8BrO/c1-6-3-4-8(10-2)7(9)5-6/h3-5H,1H2,2H3. The summed E-state index contributed by atoms with van der Waals surface area (Å²) < 4.78 is 5.97. The molecule has 0 fully saturated rings. The second-order valence-corrected chi connectivity index (χ2v) is 2.82. The van der Waals surface area contributed by atoms with Gasteiger partial charge in [0.25, 0.3) is 0 Å². The molecule has 10 heavy (non-hydrogen) atoms. The SMILES string of the molecule is [CH2]c1ccc(OC)c(Br)c1. The Hall–Kier alpha value is -0.500. The van der Waals surface area contributed by atoms with Gasteiger partial charge < -0.3 is 4.74 Å². The van der Waals surface area contributed by atoms with Crippen molar-refractivity contribution in [1.29, 1.82) is 0 Å². The third-order valence-corrected chi connectivity index (χ3v) is 1.84. The molecule has 0 atom stereocenters. The van der Waals surface area contributed by atoms with Gasteiger partial charge in [-0.1, -0.05) is 6.07 Å². The van der Waals surface area contributed by atoms with E-state index < -0.39 is 0 Å². The van der Waals surface area contributed by atoms with Crippen LogP contribution < -0.4 is 4.74 Å². The highest BCUT2D eigenvalue weighted by molar-refractivity contribution is 9.10. The molecule has 0 aliphatic carbocycles. The summed E-state index contributed by atoms with van der Waals surface area (Å²) in [5.74, 6) is 0.840. The highest BCUT2D eigenvalue weighted by Crippen LogP contribution is 2.24. The van der Waals surface area contributed by atoms with Crippen LogP contribution in [-0.4, -0.2) is 7.11 Å². The molecule has 1 aromatic rings. The van der Waals surface area contributed by atoms with Crippen molar-refractivity contribution in [2.45, 2.75) is 0 Å². The average molecular weight is 200 g/mol. The maximum Gasteiger partial charge on any atom is 0.133 e. The summed E-state index contributed by atoms with van der Waals surface area (Å²) in [4.78, 5) is 0. The molecule has 1 nitrogen and oxygen atoms in total. The smallest absolute Gasteiger partial charge is 0.133 e. The summed E-state index contributed by atoms with van der Waals surface area (Å²) in [6.45, 7) is 3.77. The second kappa shape index (κ2) is 3.06. The lowest BCUT2D eigenvalue weighted by Gasteiger charge is -2.01. The minimum atomic E-state index is 0.840. The second-order valence-electron chi connectivity index (χ2n) is 1.97. The normalized spacial score (nSPS) is 9.50. The molecule has 2 heteroatoms. The largest absolute Gasteiger partial charge is 0.496 e. The highest BCUT2D eigenvalue weighted by Gasteiger charge is 1.96. The van der Waals surface area contributed by atoms with E-state index in [0.29, 0.717) is 0 Å². The van der Waals surface area contributed by atoms with Crippen LogP contribution in [-0.2, 0) is 0 Å². The van der Waals surface area contributed by atoms with Crippen LogP contribution in [0.5, 0.6) is 5.75 Å². The molecule has 1 rings (SSSR count). The zero-order valence-corrected chi connectivity index (χ0v) is 7.31. The zero-order chi connectivity index (χ0) is 7.56. The Morgan fingerprint density at radius 1 is 1.50 bits per heavy atom. The third kappa shape index (κ3) is 1.51. The van der Waals surface area contributed by atoms with Gasteiger partial charge in [0, 0.05) is 0 Å². The molecule has 0 aromatic heterocycles. The van der Waals surface area contributed by atoms with Crippen molar-refractivity contribution >= 4 is 15.9 Å². The lowest BCUT2D eigenvalue weighted by atomic mass is 10.2. The van der Waals surface area contributed by atoms with E-state index >= 15 is 0 Å². The van der Waals surface area contributed by atoms with E-state index in [1.165, 1.54) is 0 Å². The molecule has 0 aliphatic heterocycles. The van der Waals surface area contributed by atoms with Gasteiger partial charge in [-0.05, 0) is 40.5 Å². The van der Waals surface area contributed by atoms with Gasteiger partial charge in [-0.25, -0.2) is 0 Å². The molecule has 53 valence electrons. The van der Waals surface area contributed by atoms with E-state index in [-0.39, 0.29) is 0 Å². The van der Waals surface area contributed by atoms with Crippen molar-refractivity contribution in [2.75, 3.05) is 7.11 Å². The highest BCUT2D eigenvalue weighted by atomic mass is 79.9. The Bertz CT molecular complexity index is 233. The summed E-state index contributed by atoms with van der Waals surface area (Å²) in [5, 5.41) is 0. The van der Waals surface area contributed by atoms with E-state index in [4.69, 9.17) is 4.74 Å². The number of halogens is 1. The quantitative estimate of drug-likeness (QED) is 0.677. The first-order valence-corrected chi connectivity index (χ1v) is 3.69. The molecule has 0 amide bonds. The lowest BCUT2D eigenvalue weighted by molar-refractivity contribution is 0.412. The van der Waals surface area contributed by atoms with Crippen LogP contribution in [0.15, 0.2) is 22.7 Å². The molecule has 0 N–H and O–H groups in total. The maximum atomic E-state index is 5.03. The van der Waals surface area contributed by atoms with E-state index in [9.17, 15) is 0 Å². The number of hydrogen-bond donors (Lipinski definition) is 0. The van der Waals surface area contributed by atoms with E-state index in [0.717, 1.165) is 15.8 Å². The Morgan fingerprint density at radius 3 is 2.70 bits per heavy atom. The first kappa shape index (κ1) is 7.61.